The number of aromatic hydroxyl groups is 1. The summed E-state index contributed by atoms with van der Waals surface area (Å²) in [6.45, 7) is 0.903. The van der Waals surface area contributed by atoms with Crippen LogP contribution in [0.1, 0.15) is 21.6 Å². The van der Waals surface area contributed by atoms with Crippen molar-refractivity contribution in [2.45, 2.75) is 13.1 Å². The number of phenolic OH excluding ortho intramolecular Hbond substituents is 1. The molecule has 4 rings (SSSR count). The molecule has 0 atom stereocenters. The van der Waals surface area contributed by atoms with Crippen molar-refractivity contribution < 1.29 is 9.90 Å². The second-order valence-electron chi connectivity index (χ2n) is 6.50. The summed E-state index contributed by atoms with van der Waals surface area (Å²) in [5.41, 5.74) is 3.24. The first-order chi connectivity index (χ1) is 13.6. The SMILES string of the molecule is O=C(NCc1ccc(O)cc1)c1nn(Cc2ccc(Cl)cc2)c2ccccc12. The maximum atomic E-state index is 12.8. The number of para-hydroxylation sites is 1. The second kappa shape index (κ2) is 7.74. The van der Waals surface area contributed by atoms with Crippen molar-refractivity contribution in [3.63, 3.8) is 0 Å². The van der Waals surface area contributed by atoms with Gasteiger partial charge in [0.05, 0.1) is 12.1 Å². The summed E-state index contributed by atoms with van der Waals surface area (Å²) in [5.74, 6) is -0.0406. The Kier molecular flexibility index (Phi) is 5.00. The maximum absolute atomic E-state index is 12.8. The molecule has 0 unspecified atom stereocenters. The zero-order chi connectivity index (χ0) is 19.5. The molecule has 0 spiro atoms. The van der Waals surface area contributed by atoms with E-state index in [0.717, 1.165) is 22.0 Å². The Balaban J connectivity index is 1.59. The van der Waals surface area contributed by atoms with E-state index in [0.29, 0.717) is 23.8 Å². The average Bonchev–Trinajstić information content (AvgIpc) is 3.08. The fourth-order valence-electron chi connectivity index (χ4n) is 3.06. The van der Waals surface area contributed by atoms with Gasteiger partial charge in [0.15, 0.2) is 5.69 Å². The van der Waals surface area contributed by atoms with Crippen LogP contribution in [-0.4, -0.2) is 20.8 Å². The number of amides is 1. The Labute approximate surface area is 167 Å². The van der Waals surface area contributed by atoms with Crippen LogP contribution in [0.15, 0.2) is 72.8 Å². The van der Waals surface area contributed by atoms with Gasteiger partial charge in [0.2, 0.25) is 0 Å². The number of phenols is 1. The molecule has 0 bridgehead atoms. The Morgan fingerprint density at radius 2 is 1.64 bits per heavy atom. The topological polar surface area (TPSA) is 67.2 Å². The predicted octanol–water partition coefficient (Wildman–Crippen LogP) is 4.37. The molecule has 28 heavy (non-hydrogen) atoms. The molecule has 0 aliphatic rings. The highest BCUT2D eigenvalue weighted by atomic mass is 35.5. The standard InChI is InChI=1S/C22H18ClN3O2/c23-17-9-5-16(6-10-17)14-26-20-4-2-1-3-19(20)21(25-26)22(28)24-13-15-7-11-18(27)12-8-15/h1-12,27H,13-14H2,(H,24,28). The van der Waals surface area contributed by atoms with Crippen molar-refractivity contribution >= 4 is 28.4 Å². The molecule has 5 nitrogen and oxygen atoms in total. The molecule has 0 saturated carbocycles. The van der Waals surface area contributed by atoms with Crippen LogP contribution in [0.4, 0.5) is 0 Å². The first-order valence-electron chi connectivity index (χ1n) is 8.86. The van der Waals surface area contributed by atoms with Gasteiger partial charge in [-0.05, 0) is 41.5 Å². The van der Waals surface area contributed by atoms with Gasteiger partial charge in [-0.25, -0.2) is 0 Å². The lowest BCUT2D eigenvalue weighted by atomic mass is 10.2. The Morgan fingerprint density at radius 1 is 0.964 bits per heavy atom. The molecule has 0 saturated heterocycles. The van der Waals surface area contributed by atoms with Crippen LogP contribution in [-0.2, 0) is 13.1 Å². The van der Waals surface area contributed by atoms with E-state index < -0.39 is 0 Å². The van der Waals surface area contributed by atoms with Gasteiger partial charge in [-0.2, -0.15) is 5.10 Å². The van der Waals surface area contributed by atoms with Crippen LogP contribution in [0.25, 0.3) is 10.9 Å². The quantitative estimate of drug-likeness (QED) is 0.530. The summed E-state index contributed by atoms with van der Waals surface area (Å²) in [4.78, 5) is 12.8. The lowest BCUT2D eigenvalue weighted by Crippen LogP contribution is -2.23. The van der Waals surface area contributed by atoms with E-state index in [1.165, 1.54) is 0 Å². The molecule has 0 aliphatic carbocycles. The lowest BCUT2D eigenvalue weighted by molar-refractivity contribution is 0.0946. The number of nitrogens with zero attached hydrogens (tertiary/aromatic N) is 2. The molecule has 1 heterocycles. The smallest absolute Gasteiger partial charge is 0.272 e. The van der Waals surface area contributed by atoms with Crippen LogP contribution >= 0.6 is 11.6 Å². The van der Waals surface area contributed by atoms with Crippen LogP contribution in [0.3, 0.4) is 0 Å². The normalized spacial score (nSPS) is 10.9. The summed E-state index contributed by atoms with van der Waals surface area (Å²) in [7, 11) is 0. The molecule has 0 aliphatic heterocycles. The first-order valence-corrected chi connectivity index (χ1v) is 9.24. The van der Waals surface area contributed by atoms with Gasteiger partial charge in [0.25, 0.3) is 5.91 Å². The predicted molar refractivity (Wildman–Crippen MR) is 110 cm³/mol. The minimum atomic E-state index is -0.237. The van der Waals surface area contributed by atoms with Gasteiger partial charge in [0.1, 0.15) is 5.75 Å². The van der Waals surface area contributed by atoms with Crippen LogP contribution in [0.2, 0.25) is 5.02 Å². The highest BCUT2D eigenvalue weighted by Gasteiger charge is 2.17. The number of benzene rings is 3. The van der Waals surface area contributed by atoms with Crippen molar-refractivity contribution in [3.05, 3.63) is 94.6 Å². The summed E-state index contributed by atoms with van der Waals surface area (Å²) in [5, 5.41) is 18.3. The van der Waals surface area contributed by atoms with Crippen molar-refractivity contribution in [1.29, 1.82) is 0 Å². The zero-order valence-corrected chi connectivity index (χ0v) is 15.7. The van der Waals surface area contributed by atoms with Crippen LogP contribution in [0.5, 0.6) is 5.75 Å². The van der Waals surface area contributed by atoms with Gasteiger partial charge in [0, 0.05) is 17.0 Å². The molecule has 0 radical (unpaired) electrons. The Hall–Kier alpha value is -3.31. The monoisotopic (exact) mass is 391 g/mol. The van der Waals surface area contributed by atoms with Crippen molar-refractivity contribution in [3.8, 4) is 5.75 Å². The van der Waals surface area contributed by atoms with E-state index in [2.05, 4.69) is 10.4 Å². The molecule has 140 valence electrons. The van der Waals surface area contributed by atoms with Gasteiger partial charge < -0.3 is 10.4 Å². The van der Waals surface area contributed by atoms with Gasteiger partial charge in [-0.15, -0.1) is 0 Å². The highest BCUT2D eigenvalue weighted by Crippen LogP contribution is 2.20. The summed E-state index contributed by atoms with van der Waals surface area (Å²) >= 11 is 5.96. The Morgan fingerprint density at radius 3 is 2.39 bits per heavy atom. The third kappa shape index (κ3) is 3.85. The fraction of sp³-hybridized carbons (Fsp3) is 0.0909. The lowest BCUT2D eigenvalue weighted by Gasteiger charge is -2.04. The average molecular weight is 392 g/mol. The molecule has 3 aromatic carbocycles. The Bertz CT molecular complexity index is 1120. The number of carbonyl (C=O) groups is 1. The summed E-state index contributed by atoms with van der Waals surface area (Å²) in [6, 6.07) is 22.0. The minimum Gasteiger partial charge on any atom is -0.508 e. The number of rotatable bonds is 5. The number of aromatic nitrogens is 2. The highest BCUT2D eigenvalue weighted by molar-refractivity contribution is 6.30. The van der Waals surface area contributed by atoms with Gasteiger partial charge in [-0.3, -0.25) is 9.48 Å². The largest absolute Gasteiger partial charge is 0.508 e. The summed E-state index contributed by atoms with van der Waals surface area (Å²) in [6.07, 6.45) is 0. The second-order valence-corrected chi connectivity index (χ2v) is 6.94. The van der Waals surface area contributed by atoms with E-state index in [-0.39, 0.29) is 11.7 Å². The fourth-order valence-corrected chi connectivity index (χ4v) is 3.18. The third-order valence-corrected chi connectivity index (χ3v) is 4.76. The summed E-state index contributed by atoms with van der Waals surface area (Å²) < 4.78 is 1.83. The van der Waals surface area contributed by atoms with Crippen LogP contribution < -0.4 is 5.32 Å². The number of hydrogen-bond donors (Lipinski definition) is 2. The van der Waals surface area contributed by atoms with Crippen molar-refractivity contribution in [1.82, 2.24) is 15.1 Å². The number of hydrogen-bond acceptors (Lipinski definition) is 3. The molecular weight excluding hydrogens is 374 g/mol. The van der Waals surface area contributed by atoms with Gasteiger partial charge >= 0.3 is 0 Å². The van der Waals surface area contributed by atoms with E-state index in [4.69, 9.17) is 11.6 Å². The zero-order valence-electron chi connectivity index (χ0n) is 15.0. The number of carbonyl (C=O) groups excluding carboxylic acids is 1. The van der Waals surface area contributed by atoms with Crippen molar-refractivity contribution in [2.75, 3.05) is 0 Å². The maximum Gasteiger partial charge on any atom is 0.272 e. The number of halogens is 1. The van der Waals surface area contributed by atoms with Crippen molar-refractivity contribution in [2.24, 2.45) is 0 Å². The third-order valence-electron chi connectivity index (χ3n) is 4.51. The van der Waals surface area contributed by atoms with Gasteiger partial charge in [-0.1, -0.05) is 54.1 Å². The molecule has 2 N–H and O–H groups in total. The van der Waals surface area contributed by atoms with E-state index in [1.54, 1.807) is 24.3 Å². The van der Waals surface area contributed by atoms with E-state index in [1.807, 2.05) is 53.2 Å². The van der Waals surface area contributed by atoms with E-state index in [9.17, 15) is 9.90 Å². The molecule has 0 fully saturated rings. The number of fused-ring (bicyclic) bond motifs is 1. The first kappa shape index (κ1) is 18.1. The van der Waals surface area contributed by atoms with E-state index >= 15 is 0 Å². The molecule has 4 aromatic rings. The molecule has 6 heteroatoms. The minimum absolute atomic E-state index is 0.196. The van der Waals surface area contributed by atoms with Crippen LogP contribution in [0, 0.1) is 0 Å². The number of nitrogens with one attached hydrogen (secondary N) is 1. The molecular formula is C22H18ClN3O2. The molecule has 1 aromatic heterocycles. The molecule has 1 amide bonds.